The molecule has 100 valence electrons. The number of hydrogen-bond acceptors (Lipinski definition) is 3. The fraction of sp³-hybridized carbons (Fsp3) is 0.500. The largest absolute Gasteiger partial charge is 0.283 e. The number of rotatable bonds is 3. The van der Waals surface area contributed by atoms with Crippen LogP contribution in [0.15, 0.2) is 22.7 Å². The van der Waals surface area contributed by atoms with Gasteiger partial charge in [-0.2, -0.15) is 5.26 Å². The maximum Gasteiger partial charge on any atom is 0.283 e. The third kappa shape index (κ3) is 2.95. The van der Waals surface area contributed by atoms with E-state index in [0.29, 0.717) is 10.9 Å². The lowest BCUT2D eigenvalue weighted by Gasteiger charge is -2.30. The van der Waals surface area contributed by atoms with E-state index in [-0.39, 0.29) is 11.1 Å². The quantitative estimate of drug-likeness (QED) is 0.612. The highest BCUT2D eigenvalue weighted by molar-refractivity contribution is 9.10. The van der Waals surface area contributed by atoms with Gasteiger partial charge in [-0.15, -0.1) is 0 Å². The van der Waals surface area contributed by atoms with Crippen LogP contribution in [0.25, 0.3) is 0 Å². The highest BCUT2D eigenvalue weighted by Gasteiger charge is 2.33. The van der Waals surface area contributed by atoms with Gasteiger partial charge in [-0.05, 0) is 40.8 Å². The summed E-state index contributed by atoms with van der Waals surface area (Å²) in [4.78, 5) is 10.5. The van der Waals surface area contributed by atoms with Crippen LogP contribution < -0.4 is 0 Å². The van der Waals surface area contributed by atoms with Crippen LogP contribution in [0.1, 0.15) is 37.7 Å². The van der Waals surface area contributed by atoms with Crippen molar-refractivity contribution in [3.8, 4) is 6.07 Å². The van der Waals surface area contributed by atoms with E-state index in [2.05, 4.69) is 22.0 Å². The van der Waals surface area contributed by atoms with Crippen molar-refractivity contribution < 1.29 is 4.92 Å². The van der Waals surface area contributed by atoms with E-state index in [4.69, 9.17) is 0 Å². The Balaban J connectivity index is 2.30. The van der Waals surface area contributed by atoms with E-state index in [1.807, 2.05) is 6.07 Å². The fourth-order valence-corrected chi connectivity index (χ4v) is 3.31. The summed E-state index contributed by atoms with van der Waals surface area (Å²) in [7, 11) is 0. The number of benzene rings is 1. The fourth-order valence-electron chi connectivity index (χ4n) is 2.76. The molecule has 4 nitrogen and oxygen atoms in total. The van der Waals surface area contributed by atoms with E-state index in [1.165, 1.54) is 12.5 Å². The Hall–Kier alpha value is -1.41. The van der Waals surface area contributed by atoms with Crippen molar-refractivity contribution in [3.05, 3.63) is 38.3 Å². The highest BCUT2D eigenvalue weighted by Crippen LogP contribution is 2.41. The summed E-state index contributed by atoms with van der Waals surface area (Å²) >= 11 is 3.31. The van der Waals surface area contributed by atoms with E-state index < -0.39 is 4.92 Å². The van der Waals surface area contributed by atoms with E-state index in [0.717, 1.165) is 31.2 Å². The van der Waals surface area contributed by atoms with Gasteiger partial charge in [0.15, 0.2) is 0 Å². The minimum atomic E-state index is -0.395. The summed E-state index contributed by atoms with van der Waals surface area (Å²) in [6, 6.07) is 7.48. The second-order valence-electron chi connectivity index (χ2n) is 5.14. The lowest BCUT2D eigenvalue weighted by Crippen LogP contribution is -2.25. The molecular formula is C14H15BrN2O2. The number of nitrogens with zero attached hydrogens (tertiary/aromatic N) is 2. The molecule has 0 aromatic heterocycles. The average Bonchev–Trinajstić information content (AvgIpc) is 2.42. The predicted molar refractivity (Wildman–Crippen MR) is 75.6 cm³/mol. The summed E-state index contributed by atoms with van der Waals surface area (Å²) in [5, 5.41) is 20.4. The standard InChI is InChI=1S/C14H15BrN2O2/c15-13-11(5-4-6-12(13)17(18)19)9-14(10-16)7-2-1-3-8-14/h4-6H,1-3,7-9H2. The van der Waals surface area contributed by atoms with Crippen molar-refractivity contribution in [2.45, 2.75) is 38.5 Å². The molecule has 0 N–H and O–H groups in total. The van der Waals surface area contributed by atoms with Crippen molar-refractivity contribution in [1.29, 1.82) is 5.26 Å². The van der Waals surface area contributed by atoms with Crippen molar-refractivity contribution in [1.82, 2.24) is 0 Å². The van der Waals surface area contributed by atoms with Gasteiger partial charge < -0.3 is 0 Å². The maximum atomic E-state index is 10.9. The summed E-state index contributed by atoms with van der Waals surface area (Å²) in [6.45, 7) is 0. The lowest BCUT2D eigenvalue weighted by molar-refractivity contribution is -0.385. The van der Waals surface area contributed by atoms with Crippen LogP contribution in [0.2, 0.25) is 0 Å². The zero-order valence-electron chi connectivity index (χ0n) is 10.6. The van der Waals surface area contributed by atoms with Crippen LogP contribution in [0, 0.1) is 26.9 Å². The van der Waals surface area contributed by atoms with Gasteiger partial charge in [0.1, 0.15) is 0 Å². The number of nitro benzene ring substituents is 1. The summed E-state index contributed by atoms with van der Waals surface area (Å²) in [5.41, 5.74) is 0.578. The Morgan fingerprint density at radius 2 is 2.05 bits per heavy atom. The first-order valence-electron chi connectivity index (χ1n) is 6.41. The Bertz CT molecular complexity index is 531. The molecule has 1 aromatic carbocycles. The number of hydrogen-bond donors (Lipinski definition) is 0. The lowest BCUT2D eigenvalue weighted by atomic mass is 9.71. The predicted octanol–water partition coefficient (Wildman–Crippen LogP) is 4.37. The van der Waals surface area contributed by atoms with Crippen molar-refractivity contribution >= 4 is 21.6 Å². The smallest absolute Gasteiger partial charge is 0.258 e. The molecule has 0 radical (unpaired) electrons. The highest BCUT2D eigenvalue weighted by atomic mass is 79.9. The van der Waals surface area contributed by atoms with Gasteiger partial charge in [0.25, 0.3) is 5.69 Å². The van der Waals surface area contributed by atoms with Crippen molar-refractivity contribution in [2.75, 3.05) is 0 Å². The zero-order chi connectivity index (χ0) is 13.9. The second-order valence-corrected chi connectivity index (χ2v) is 5.93. The van der Waals surface area contributed by atoms with Crippen molar-refractivity contribution in [2.24, 2.45) is 5.41 Å². The Morgan fingerprint density at radius 3 is 2.63 bits per heavy atom. The second kappa shape index (κ2) is 5.70. The molecule has 1 aliphatic rings. The summed E-state index contributed by atoms with van der Waals surface area (Å²) in [5.74, 6) is 0. The van der Waals surface area contributed by atoms with Crippen LogP contribution in [0.3, 0.4) is 0 Å². The minimum Gasteiger partial charge on any atom is -0.258 e. The van der Waals surface area contributed by atoms with Crippen LogP contribution >= 0.6 is 15.9 Å². The van der Waals surface area contributed by atoms with Crippen molar-refractivity contribution in [3.63, 3.8) is 0 Å². The van der Waals surface area contributed by atoms with E-state index >= 15 is 0 Å². The third-order valence-corrected chi connectivity index (χ3v) is 4.75. The minimum absolute atomic E-state index is 0.0707. The first-order chi connectivity index (χ1) is 9.08. The van der Waals surface area contributed by atoms with Crippen LogP contribution in [-0.4, -0.2) is 4.92 Å². The van der Waals surface area contributed by atoms with Crippen LogP contribution in [-0.2, 0) is 6.42 Å². The van der Waals surface area contributed by atoms with Gasteiger partial charge in [0.05, 0.1) is 20.9 Å². The molecule has 0 unspecified atom stereocenters. The molecule has 1 saturated carbocycles. The maximum absolute atomic E-state index is 10.9. The zero-order valence-corrected chi connectivity index (χ0v) is 12.1. The van der Waals surface area contributed by atoms with E-state index in [9.17, 15) is 15.4 Å². The first kappa shape index (κ1) is 14.0. The van der Waals surface area contributed by atoms with E-state index in [1.54, 1.807) is 6.07 Å². The molecule has 2 rings (SSSR count). The van der Waals surface area contributed by atoms with Gasteiger partial charge in [0.2, 0.25) is 0 Å². The first-order valence-corrected chi connectivity index (χ1v) is 7.20. The third-order valence-electron chi connectivity index (χ3n) is 3.83. The van der Waals surface area contributed by atoms with Crippen LogP contribution in [0.4, 0.5) is 5.69 Å². The van der Waals surface area contributed by atoms with Crippen LogP contribution in [0.5, 0.6) is 0 Å². The summed E-state index contributed by atoms with van der Waals surface area (Å²) < 4.78 is 0.514. The molecule has 0 spiro atoms. The molecule has 0 saturated heterocycles. The van der Waals surface area contributed by atoms with Gasteiger partial charge in [-0.25, -0.2) is 0 Å². The topological polar surface area (TPSA) is 66.9 Å². The molecule has 5 heteroatoms. The van der Waals surface area contributed by atoms with Gasteiger partial charge in [0, 0.05) is 6.07 Å². The Labute approximate surface area is 120 Å². The molecule has 0 amide bonds. The monoisotopic (exact) mass is 322 g/mol. The average molecular weight is 323 g/mol. The number of nitro groups is 1. The number of halogens is 1. The molecule has 1 aliphatic carbocycles. The molecule has 0 bridgehead atoms. The van der Waals surface area contributed by atoms with Gasteiger partial charge >= 0.3 is 0 Å². The van der Waals surface area contributed by atoms with Gasteiger partial charge in [-0.1, -0.05) is 31.4 Å². The molecule has 1 aromatic rings. The molecular weight excluding hydrogens is 308 g/mol. The molecule has 0 atom stereocenters. The molecule has 0 aliphatic heterocycles. The molecule has 0 heterocycles. The number of nitriles is 1. The van der Waals surface area contributed by atoms with Gasteiger partial charge in [-0.3, -0.25) is 10.1 Å². The summed E-state index contributed by atoms with van der Waals surface area (Å²) in [6.07, 6.45) is 5.68. The SMILES string of the molecule is N#CC1(Cc2cccc([N+](=O)[O-])c2Br)CCCCC1. The molecule has 1 fully saturated rings. The normalized spacial score (nSPS) is 17.7. The Kier molecular flexibility index (Phi) is 4.20. The Morgan fingerprint density at radius 1 is 1.37 bits per heavy atom. The molecule has 19 heavy (non-hydrogen) atoms.